The van der Waals surface area contributed by atoms with E-state index in [2.05, 4.69) is 25.2 Å². The topological polar surface area (TPSA) is 70.1 Å². The van der Waals surface area contributed by atoms with Gasteiger partial charge < -0.3 is 14.9 Å². The number of carboxylic acids is 1. The molecule has 3 atom stereocenters. The molecule has 4 nitrogen and oxygen atoms in total. The van der Waals surface area contributed by atoms with Crippen LogP contribution in [0.5, 0.6) is 0 Å². The maximum Gasteiger partial charge on any atom is 0.303 e. The number of rotatable bonds is 14. The van der Waals surface area contributed by atoms with Crippen molar-refractivity contribution in [3.8, 4) is 0 Å². The molecule has 0 aromatic heterocycles. The van der Waals surface area contributed by atoms with Gasteiger partial charge in [-0.25, -0.2) is 0 Å². The Morgan fingerprint density at radius 3 is 2.71 bits per heavy atom. The van der Waals surface area contributed by atoms with Gasteiger partial charge in [0, 0.05) is 6.42 Å². The highest BCUT2D eigenvalue weighted by atomic mass is 16.6. The second kappa shape index (κ2) is 13.0. The summed E-state index contributed by atoms with van der Waals surface area (Å²) in [5, 5.41) is 18.3. The summed E-state index contributed by atoms with van der Waals surface area (Å²) >= 11 is 0. The Morgan fingerprint density at radius 2 is 1.96 bits per heavy atom. The summed E-state index contributed by atoms with van der Waals surface area (Å²) in [7, 11) is 0. The number of hydrogen-bond acceptors (Lipinski definition) is 3. The number of aliphatic hydroxyl groups is 1. The number of hydrogen-bond donors (Lipinski definition) is 2. The van der Waals surface area contributed by atoms with Crippen LogP contribution in [0, 0.1) is 0 Å². The van der Waals surface area contributed by atoms with E-state index in [1.807, 2.05) is 18.2 Å². The van der Waals surface area contributed by atoms with Gasteiger partial charge in [0.25, 0.3) is 0 Å². The van der Waals surface area contributed by atoms with Crippen LogP contribution in [-0.4, -0.2) is 34.5 Å². The summed E-state index contributed by atoms with van der Waals surface area (Å²) in [4.78, 5) is 10.3. The zero-order valence-electron chi connectivity index (χ0n) is 14.8. The fourth-order valence-electron chi connectivity index (χ4n) is 2.44. The standard InChI is InChI=1S/C20H32O4/c1-2-3-9-12-17(21)15-16-19-18(24-19)13-10-7-5-4-6-8-11-14-20(22)23/h4,6-7,10,15-19,21H,2-3,5,8-9,11-14H2,1H3,(H,22,23)/t17-,18?,19?/m0/s1. The van der Waals surface area contributed by atoms with Crippen molar-refractivity contribution < 1.29 is 19.7 Å². The first-order chi connectivity index (χ1) is 11.6. The molecule has 0 aromatic rings. The lowest BCUT2D eigenvalue weighted by molar-refractivity contribution is -0.137. The molecule has 0 aliphatic carbocycles. The van der Waals surface area contributed by atoms with Crippen molar-refractivity contribution in [1.82, 2.24) is 0 Å². The highest BCUT2D eigenvalue weighted by molar-refractivity contribution is 5.66. The first-order valence-electron chi connectivity index (χ1n) is 9.17. The predicted octanol–water partition coefficient (Wildman–Crippen LogP) is 4.40. The molecule has 0 aromatic carbocycles. The Morgan fingerprint density at radius 1 is 1.17 bits per heavy atom. The minimum absolute atomic E-state index is 0.155. The van der Waals surface area contributed by atoms with Crippen molar-refractivity contribution in [1.29, 1.82) is 0 Å². The fourth-order valence-corrected chi connectivity index (χ4v) is 2.44. The lowest BCUT2D eigenvalue weighted by atomic mass is 10.1. The Hall–Kier alpha value is -1.39. The predicted molar refractivity (Wildman–Crippen MR) is 97.0 cm³/mol. The molecule has 1 rings (SSSR count). The Bertz CT molecular complexity index is 425. The lowest BCUT2D eigenvalue weighted by Crippen LogP contribution is -2.02. The number of aliphatic hydroxyl groups excluding tert-OH is 1. The lowest BCUT2D eigenvalue weighted by Gasteiger charge is -2.03. The third-order valence-electron chi connectivity index (χ3n) is 3.98. The van der Waals surface area contributed by atoms with E-state index in [0.29, 0.717) is 6.42 Å². The first-order valence-corrected chi connectivity index (χ1v) is 9.17. The monoisotopic (exact) mass is 336 g/mol. The summed E-state index contributed by atoms with van der Waals surface area (Å²) in [6.07, 6.45) is 20.0. The van der Waals surface area contributed by atoms with Crippen LogP contribution in [0.2, 0.25) is 0 Å². The molecule has 4 heteroatoms. The van der Waals surface area contributed by atoms with Crippen LogP contribution in [0.25, 0.3) is 0 Å². The number of carboxylic acid groups (broad SMARTS) is 1. The molecule has 0 amide bonds. The van der Waals surface area contributed by atoms with Gasteiger partial charge in [-0.15, -0.1) is 0 Å². The van der Waals surface area contributed by atoms with Gasteiger partial charge in [0.2, 0.25) is 0 Å². The molecule has 1 saturated heterocycles. The maximum absolute atomic E-state index is 10.3. The molecular weight excluding hydrogens is 304 g/mol. The molecular formula is C20H32O4. The van der Waals surface area contributed by atoms with E-state index >= 15 is 0 Å². The number of carbonyl (C=O) groups is 1. The summed E-state index contributed by atoms with van der Waals surface area (Å²) in [6.45, 7) is 2.16. The summed E-state index contributed by atoms with van der Waals surface area (Å²) in [6, 6.07) is 0. The molecule has 0 radical (unpaired) electrons. The van der Waals surface area contributed by atoms with Crippen molar-refractivity contribution >= 4 is 5.97 Å². The normalized spacial score (nSPS) is 21.9. The van der Waals surface area contributed by atoms with Crippen LogP contribution >= 0.6 is 0 Å². The number of allylic oxidation sites excluding steroid dienone is 3. The summed E-state index contributed by atoms with van der Waals surface area (Å²) < 4.78 is 5.55. The van der Waals surface area contributed by atoms with Gasteiger partial charge in [-0.2, -0.15) is 0 Å². The zero-order valence-corrected chi connectivity index (χ0v) is 14.8. The minimum Gasteiger partial charge on any atom is -0.481 e. The van der Waals surface area contributed by atoms with Gasteiger partial charge >= 0.3 is 5.97 Å². The molecule has 2 unspecified atom stereocenters. The van der Waals surface area contributed by atoms with Crippen LogP contribution in [0.1, 0.15) is 64.7 Å². The van der Waals surface area contributed by atoms with Crippen molar-refractivity contribution in [2.75, 3.05) is 0 Å². The Balaban J connectivity index is 2.01. The van der Waals surface area contributed by atoms with Crippen molar-refractivity contribution in [3.63, 3.8) is 0 Å². The van der Waals surface area contributed by atoms with E-state index in [0.717, 1.165) is 32.1 Å². The molecule has 1 aliphatic rings. The van der Waals surface area contributed by atoms with E-state index < -0.39 is 5.97 Å². The largest absolute Gasteiger partial charge is 0.481 e. The van der Waals surface area contributed by atoms with Crippen LogP contribution in [0.15, 0.2) is 36.5 Å². The average molecular weight is 336 g/mol. The molecule has 0 spiro atoms. The van der Waals surface area contributed by atoms with Gasteiger partial charge in [-0.1, -0.05) is 62.6 Å². The van der Waals surface area contributed by atoms with E-state index in [4.69, 9.17) is 9.84 Å². The van der Waals surface area contributed by atoms with Crippen LogP contribution in [0.4, 0.5) is 0 Å². The van der Waals surface area contributed by atoms with E-state index in [1.54, 1.807) is 0 Å². The van der Waals surface area contributed by atoms with Crippen molar-refractivity contribution in [2.45, 2.75) is 83.0 Å². The molecule has 1 fully saturated rings. The molecule has 2 N–H and O–H groups in total. The third kappa shape index (κ3) is 11.2. The van der Waals surface area contributed by atoms with Crippen LogP contribution in [-0.2, 0) is 9.53 Å². The summed E-state index contributed by atoms with van der Waals surface area (Å²) in [5.41, 5.74) is 0. The molecule has 136 valence electrons. The van der Waals surface area contributed by atoms with Gasteiger partial charge in [0.05, 0.1) is 12.2 Å². The van der Waals surface area contributed by atoms with E-state index in [9.17, 15) is 9.90 Å². The second-order valence-electron chi connectivity index (χ2n) is 6.29. The van der Waals surface area contributed by atoms with Crippen molar-refractivity contribution in [2.24, 2.45) is 0 Å². The fraction of sp³-hybridized carbons (Fsp3) is 0.650. The van der Waals surface area contributed by atoms with Crippen LogP contribution in [0.3, 0.4) is 0 Å². The van der Waals surface area contributed by atoms with E-state index in [1.165, 1.54) is 12.8 Å². The Labute approximate surface area is 145 Å². The van der Waals surface area contributed by atoms with Gasteiger partial charge in [-0.3, -0.25) is 4.79 Å². The average Bonchev–Trinajstić information content (AvgIpc) is 3.30. The molecule has 0 saturated carbocycles. The smallest absolute Gasteiger partial charge is 0.303 e. The molecule has 24 heavy (non-hydrogen) atoms. The van der Waals surface area contributed by atoms with Gasteiger partial charge in [-0.05, 0) is 32.1 Å². The first kappa shape index (κ1) is 20.7. The minimum atomic E-state index is -0.732. The highest BCUT2D eigenvalue weighted by Gasteiger charge is 2.34. The third-order valence-corrected chi connectivity index (χ3v) is 3.98. The van der Waals surface area contributed by atoms with Gasteiger partial charge in [0.15, 0.2) is 0 Å². The van der Waals surface area contributed by atoms with Crippen LogP contribution < -0.4 is 0 Å². The quantitative estimate of drug-likeness (QED) is 0.280. The van der Waals surface area contributed by atoms with E-state index in [-0.39, 0.29) is 24.7 Å². The highest BCUT2D eigenvalue weighted by Crippen LogP contribution is 2.27. The van der Waals surface area contributed by atoms with Gasteiger partial charge in [0.1, 0.15) is 6.10 Å². The summed E-state index contributed by atoms with van der Waals surface area (Å²) in [5.74, 6) is -0.732. The second-order valence-corrected chi connectivity index (χ2v) is 6.29. The number of unbranched alkanes of at least 4 members (excludes halogenated alkanes) is 3. The molecule has 1 aliphatic heterocycles. The molecule has 0 bridgehead atoms. The number of ether oxygens (including phenoxy) is 1. The number of epoxide rings is 1. The Kier molecular flexibility index (Phi) is 11.2. The zero-order chi connectivity index (χ0) is 17.6. The SMILES string of the molecule is CCCCC[C@H](O)C=CC1OC1CC=CCC=CCCCC(=O)O. The molecule has 1 heterocycles. The van der Waals surface area contributed by atoms with Crippen molar-refractivity contribution in [3.05, 3.63) is 36.5 Å². The number of aliphatic carboxylic acids is 1. The maximum atomic E-state index is 10.3.